The minimum absolute atomic E-state index is 0.394. The molecule has 0 aliphatic carbocycles. The Labute approximate surface area is 129 Å². The molecular weight excluding hydrogens is 288 g/mol. The van der Waals surface area contributed by atoms with Gasteiger partial charge in [0.1, 0.15) is 17.3 Å². The van der Waals surface area contributed by atoms with Gasteiger partial charge in [0.25, 0.3) is 0 Å². The zero-order chi connectivity index (χ0) is 14.4. The number of benzene rings is 1. The standard InChI is InChI=1S/C15H18N2OS2/c1-17(11-14-6-3-9-20-14)7-8-18-13-5-2-4-12(10-13)15(16)19/h2-6,9-10H,7-8,11H2,1H3,(H2,16,19). The molecule has 0 spiro atoms. The van der Waals surface area contributed by atoms with E-state index in [-0.39, 0.29) is 0 Å². The van der Waals surface area contributed by atoms with Crippen LogP contribution in [0.1, 0.15) is 10.4 Å². The molecule has 5 heteroatoms. The van der Waals surface area contributed by atoms with Gasteiger partial charge in [-0.1, -0.05) is 30.4 Å². The SMILES string of the molecule is CN(CCOc1cccc(C(N)=S)c1)Cc1cccs1. The van der Waals surface area contributed by atoms with Gasteiger partial charge in [-0.05, 0) is 30.6 Å². The Hall–Kier alpha value is -1.43. The Bertz CT molecular complexity index is 555. The first-order chi connectivity index (χ1) is 9.65. The second-order valence-corrected chi connectivity index (χ2v) is 6.03. The molecular formula is C15H18N2OS2. The third-order valence-electron chi connectivity index (χ3n) is 2.87. The second kappa shape index (κ2) is 7.38. The van der Waals surface area contributed by atoms with Crippen LogP contribution >= 0.6 is 23.6 Å². The maximum atomic E-state index is 5.73. The van der Waals surface area contributed by atoms with Crippen molar-refractivity contribution in [3.8, 4) is 5.75 Å². The van der Waals surface area contributed by atoms with E-state index in [0.717, 1.165) is 24.4 Å². The average molecular weight is 306 g/mol. The van der Waals surface area contributed by atoms with Gasteiger partial charge in [0, 0.05) is 23.5 Å². The molecule has 2 aromatic rings. The fraction of sp³-hybridized carbons (Fsp3) is 0.267. The van der Waals surface area contributed by atoms with Gasteiger partial charge in [0.05, 0.1) is 0 Å². The number of hydrogen-bond acceptors (Lipinski definition) is 4. The first-order valence-electron chi connectivity index (χ1n) is 6.39. The Morgan fingerprint density at radius 3 is 2.90 bits per heavy atom. The fourth-order valence-corrected chi connectivity index (χ4v) is 2.72. The van der Waals surface area contributed by atoms with Crippen LogP contribution in [-0.4, -0.2) is 30.1 Å². The van der Waals surface area contributed by atoms with E-state index in [1.165, 1.54) is 4.88 Å². The van der Waals surface area contributed by atoms with Gasteiger partial charge in [-0.2, -0.15) is 0 Å². The van der Waals surface area contributed by atoms with E-state index in [4.69, 9.17) is 22.7 Å². The normalized spacial score (nSPS) is 10.7. The van der Waals surface area contributed by atoms with E-state index in [9.17, 15) is 0 Å². The smallest absolute Gasteiger partial charge is 0.120 e. The largest absolute Gasteiger partial charge is 0.492 e. The van der Waals surface area contributed by atoms with Gasteiger partial charge in [-0.3, -0.25) is 4.90 Å². The average Bonchev–Trinajstić information content (AvgIpc) is 2.92. The lowest BCUT2D eigenvalue weighted by atomic mass is 10.2. The molecule has 2 rings (SSSR count). The van der Waals surface area contributed by atoms with Gasteiger partial charge in [-0.25, -0.2) is 0 Å². The minimum Gasteiger partial charge on any atom is -0.492 e. The number of hydrogen-bond donors (Lipinski definition) is 1. The van der Waals surface area contributed by atoms with Gasteiger partial charge in [0.2, 0.25) is 0 Å². The second-order valence-electron chi connectivity index (χ2n) is 4.56. The van der Waals surface area contributed by atoms with E-state index >= 15 is 0 Å². The maximum absolute atomic E-state index is 5.73. The summed E-state index contributed by atoms with van der Waals surface area (Å²) in [5.74, 6) is 0.805. The summed E-state index contributed by atoms with van der Waals surface area (Å²) in [5, 5.41) is 2.10. The minimum atomic E-state index is 0.394. The van der Waals surface area contributed by atoms with Crippen LogP contribution in [0.3, 0.4) is 0 Å². The molecule has 0 aliphatic rings. The third kappa shape index (κ3) is 4.59. The summed E-state index contributed by atoms with van der Waals surface area (Å²) in [6, 6.07) is 11.8. The van der Waals surface area contributed by atoms with E-state index in [0.29, 0.717) is 11.6 Å². The predicted molar refractivity (Wildman–Crippen MR) is 88.5 cm³/mol. The molecule has 106 valence electrons. The van der Waals surface area contributed by atoms with Crippen LogP contribution in [0.4, 0.5) is 0 Å². The molecule has 0 radical (unpaired) electrons. The molecule has 0 fully saturated rings. The number of rotatable bonds is 7. The van der Waals surface area contributed by atoms with Crippen molar-refractivity contribution in [3.63, 3.8) is 0 Å². The van der Waals surface area contributed by atoms with Gasteiger partial charge in [0.15, 0.2) is 0 Å². The van der Waals surface area contributed by atoms with Crippen LogP contribution in [0.2, 0.25) is 0 Å². The number of likely N-dealkylation sites (N-methyl/N-ethyl adjacent to an activating group) is 1. The maximum Gasteiger partial charge on any atom is 0.120 e. The molecule has 0 saturated carbocycles. The molecule has 0 aliphatic heterocycles. The Balaban J connectivity index is 1.78. The zero-order valence-corrected chi connectivity index (χ0v) is 13.0. The van der Waals surface area contributed by atoms with Gasteiger partial charge in [-0.15, -0.1) is 11.3 Å². The number of thiocarbonyl (C=S) groups is 1. The van der Waals surface area contributed by atoms with E-state index in [2.05, 4.69) is 29.5 Å². The highest BCUT2D eigenvalue weighted by atomic mass is 32.1. The number of ether oxygens (including phenoxy) is 1. The highest BCUT2D eigenvalue weighted by molar-refractivity contribution is 7.80. The van der Waals surface area contributed by atoms with Crippen LogP contribution < -0.4 is 10.5 Å². The number of nitrogens with zero attached hydrogens (tertiary/aromatic N) is 1. The lowest BCUT2D eigenvalue weighted by Crippen LogP contribution is -2.23. The lowest BCUT2D eigenvalue weighted by molar-refractivity contribution is 0.234. The molecule has 2 N–H and O–H groups in total. The fourth-order valence-electron chi connectivity index (χ4n) is 1.81. The molecule has 0 saturated heterocycles. The Morgan fingerprint density at radius 2 is 2.20 bits per heavy atom. The summed E-state index contributed by atoms with van der Waals surface area (Å²) in [6.45, 7) is 2.46. The van der Waals surface area contributed by atoms with Crippen LogP contribution in [-0.2, 0) is 6.54 Å². The topological polar surface area (TPSA) is 38.5 Å². The van der Waals surface area contributed by atoms with Gasteiger partial charge >= 0.3 is 0 Å². The summed E-state index contributed by atoms with van der Waals surface area (Å²) in [7, 11) is 2.09. The van der Waals surface area contributed by atoms with Crippen LogP contribution in [0.25, 0.3) is 0 Å². The summed E-state index contributed by atoms with van der Waals surface area (Å²) >= 11 is 6.73. The van der Waals surface area contributed by atoms with Crippen LogP contribution in [0, 0.1) is 0 Å². The van der Waals surface area contributed by atoms with Crippen LogP contribution in [0.15, 0.2) is 41.8 Å². The van der Waals surface area contributed by atoms with E-state index < -0.39 is 0 Å². The summed E-state index contributed by atoms with van der Waals surface area (Å²) in [5.41, 5.74) is 6.44. The lowest BCUT2D eigenvalue weighted by Gasteiger charge is -2.16. The predicted octanol–water partition coefficient (Wildman–Crippen LogP) is 2.89. The van der Waals surface area contributed by atoms with Gasteiger partial charge < -0.3 is 10.5 Å². The summed E-state index contributed by atoms with van der Waals surface area (Å²) < 4.78 is 5.73. The molecule has 3 nitrogen and oxygen atoms in total. The molecule has 0 bridgehead atoms. The number of thiophene rings is 1. The monoisotopic (exact) mass is 306 g/mol. The highest BCUT2D eigenvalue weighted by Gasteiger charge is 2.03. The molecule has 20 heavy (non-hydrogen) atoms. The first-order valence-corrected chi connectivity index (χ1v) is 7.67. The van der Waals surface area contributed by atoms with Crippen molar-refractivity contribution in [2.24, 2.45) is 5.73 Å². The van der Waals surface area contributed by atoms with Crippen molar-refractivity contribution < 1.29 is 4.74 Å². The Kier molecular flexibility index (Phi) is 5.52. The van der Waals surface area contributed by atoms with Crippen molar-refractivity contribution in [2.75, 3.05) is 20.2 Å². The molecule has 1 aromatic carbocycles. The van der Waals surface area contributed by atoms with Crippen molar-refractivity contribution in [3.05, 3.63) is 52.2 Å². The van der Waals surface area contributed by atoms with Crippen LogP contribution in [0.5, 0.6) is 5.75 Å². The molecule has 1 aromatic heterocycles. The molecule has 0 unspecified atom stereocenters. The van der Waals surface area contributed by atoms with Crippen molar-refractivity contribution in [2.45, 2.75) is 6.54 Å². The van der Waals surface area contributed by atoms with E-state index in [1.54, 1.807) is 11.3 Å². The summed E-state index contributed by atoms with van der Waals surface area (Å²) in [4.78, 5) is 4.00. The molecule has 0 amide bonds. The number of nitrogens with two attached hydrogens (primary N) is 1. The Morgan fingerprint density at radius 1 is 1.35 bits per heavy atom. The molecule has 0 atom stereocenters. The highest BCUT2D eigenvalue weighted by Crippen LogP contribution is 2.14. The molecule has 1 heterocycles. The third-order valence-corrected chi connectivity index (χ3v) is 3.96. The summed E-state index contributed by atoms with van der Waals surface area (Å²) in [6.07, 6.45) is 0. The quantitative estimate of drug-likeness (QED) is 0.798. The zero-order valence-electron chi connectivity index (χ0n) is 11.4. The van der Waals surface area contributed by atoms with Crippen molar-refractivity contribution in [1.82, 2.24) is 4.90 Å². The van der Waals surface area contributed by atoms with Crippen molar-refractivity contribution >= 4 is 28.5 Å². The van der Waals surface area contributed by atoms with E-state index in [1.807, 2.05) is 24.3 Å². The first kappa shape index (κ1) is 15.0. The van der Waals surface area contributed by atoms with Crippen molar-refractivity contribution in [1.29, 1.82) is 0 Å².